The van der Waals surface area contributed by atoms with Crippen LogP contribution in [0.5, 0.6) is 5.88 Å². The third kappa shape index (κ3) is 4.14. The zero-order chi connectivity index (χ0) is 22.2. The number of piperidine rings is 1. The van der Waals surface area contributed by atoms with Gasteiger partial charge in [0.05, 0.1) is 16.6 Å². The van der Waals surface area contributed by atoms with Crippen LogP contribution < -0.4 is 4.74 Å². The Balaban J connectivity index is 1.42. The molecule has 164 valence electrons. The summed E-state index contributed by atoms with van der Waals surface area (Å²) in [6.45, 7) is 2.61. The summed E-state index contributed by atoms with van der Waals surface area (Å²) in [4.78, 5) is 32.5. The average Bonchev–Trinajstić information content (AvgIpc) is 3.56. The summed E-state index contributed by atoms with van der Waals surface area (Å²) in [5.74, 6) is 0.565. The molecular weight excluding hydrogens is 433 g/mol. The van der Waals surface area contributed by atoms with Gasteiger partial charge < -0.3 is 9.64 Å². The number of halogens is 2. The molecule has 0 bridgehead atoms. The number of rotatable bonds is 5. The van der Waals surface area contributed by atoms with Crippen molar-refractivity contribution in [3.63, 3.8) is 0 Å². The Bertz CT molecular complexity index is 1160. The molecule has 2 fully saturated rings. The smallest absolute Gasteiger partial charge is 0.273 e. The molecule has 2 aliphatic rings. The van der Waals surface area contributed by atoms with E-state index in [1.54, 1.807) is 23.4 Å². The van der Waals surface area contributed by atoms with Gasteiger partial charge in [0.1, 0.15) is 12.3 Å². The second kappa shape index (κ2) is 8.43. The summed E-state index contributed by atoms with van der Waals surface area (Å²) < 4.78 is 19.8. The van der Waals surface area contributed by atoms with Crippen LogP contribution in [0.3, 0.4) is 0 Å². The first-order valence-corrected chi connectivity index (χ1v) is 10.9. The third-order valence-corrected chi connectivity index (χ3v) is 6.21. The van der Waals surface area contributed by atoms with Crippen LogP contribution >= 0.6 is 11.6 Å². The van der Waals surface area contributed by atoms with Crippen LogP contribution in [0.15, 0.2) is 42.9 Å². The van der Waals surface area contributed by atoms with Gasteiger partial charge in [0, 0.05) is 30.8 Å². The van der Waals surface area contributed by atoms with Crippen molar-refractivity contribution < 1.29 is 13.9 Å². The number of hydrogen-bond acceptors (Lipinski definition) is 6. The molecule has 3 aromatic rings. The van der Waals surface area contributed by atoms with E-state index in [1.165, 1.54) is 6.20 Å². The topological polar surface area (TPSA) is 81.1 Å². The summed E-state index contributed by atoms with van der Waals surface area (Å²) in [7, 11) is 0. The van der Waals surface area contributed by atoms with Gasteiger partial charge in [0.25, 0.3) is 11.8 Å². The first kappa shape index (κ1) is 20.8. The van der Waals surface area contributed by atoms with Crippen molar-refractivity contribution in [2.24, 2.45) is 11.8 Å². The predicted octanol–water partition coefficient (Wildman–Crippen LogP) is 3.96. The quantitative estimate of drug-likeness (QED) is 0.581. The number of amides is 1. The van der Waals surface area contributed by atoms with Crippen LogP contribution in [-0.4, -0.2) is 49.9 Å². The largest absolute Gasteiger partial charge is 0.473 e. The highest BCUT2D eigenvalue weighted by molar-refractivity contribution is 6.30. The SMILES string of the molecule is Cc1ccc(-c2ncccn2)c(C(=O)N2C[C@@H]3C[C@@H]3C[C@H]2COc2ncc(Cl)cc2F)n1. The molecule has 32 heavy (non-hydrogen) atoms. The van der Waals surface area contributed by atoms with Crippen LogP contribution in [0.25, 0.3) is 11.4 Å². The van der Waals surface area contributed by atoms with Gasteiger partial charge >= 0.3 is 0 Å². The van der Waals surface area contributed by atoms with E-state index in [0.717, 1.165) is 24.6 Å². The normalized spacial score (nSPS) is 21.7. The van der Waals surface area contributed by atoms with E-state index in [-0.39, 0.29) is 29.5 Å². The molecule has 0 aromatic carbocycles. The van der Waals surface area contributed by atoms with E-state index in [0.29, 0.717) is 35.5 Å². The number of carbonyl (C=O) groups is 1. The van der Waals surface area contributed by atoms with Crippen molar-refractivity contribution in [2.75, 3.05) is 13.2 Å². The van der Waals surface area contributed by atoms with Gasteiger partial charge in [-0.05, 0) is 55.9 Å². The standard InChI is InChI=1S/C23H21ClFN5O2/c1-13-3-4-18(21-26-5-2-6-27-21)20(29-13)23(31)30-11-15-7-14(15)8-17(30)12-32-22-19(25)9-16(24)10-28-22/h2-6,9-10,14-15,17H,7-8,11-12H2,1H3/t14-,15+,17+/m1/s1. The minimum absolute atomic E-state index is 0.119. The fourth-order valence-corrected chi connectivity index (χ4v) is 4.41. The summed E-state index contributed by atoms with van der Waals surface area (Å²) >= 11 is 5.77. The first-order chi connectivity index (χ1) is 15.5. The minimum atomic E-state index is -0.626. The third-order valence-electron chi connectivity index (χ3n) is 6.01. The van der Waals surface area contributed by atoms with Gasteiger partial charge in [0.2, 0.25) is 0 Å². The number of nitrogens with zero attached hydrogens (tertiary/aromatic N) is 5. The molecule has 0 unspecified atom stereocenters. The fourth-order valence-electron chi connectivity index (χ4n) is 4.27. The molecule has 4 heterocycles. The lowest BCUT2D eigenvalue weighted by Gasteiger charge is -2.35. The molecule has 7 nitrogen and oxygen atoms in total. The number of ether oxygens (including phenoxy) is 1. The van der Waals surface area contributed by atoms with Gasteiger partial charge in [-0.15, -0.1) is 0 Å². The Hall–Kier alpha value is -3.13. The van der Waals surface area contributed by atoms with E-state index >= 15 is 0 Å². The number of fused-ring (bicyclic) bond motifs is 1. The number of pyridine rings is 2. The summed E-state index contributed by atoms with van der Waals surface area (Å²) in [5, 5.41) is 0.200. The van der Waals surface area contributed by atoms with Crippen molar-refractivity contribution in [3.05, 3.63) is 65.1 Å². The van der Waals surface area contributed by atoms with Crippen molar-refractivity contribution >= 4 is 17.5 Å². The molecule has 9 heteroatoms. The maximum absolute atomic E-state index is 14.1. The zero-order valence-electron chi connectivity index (χ0n) is 17.4. The van der Waals surface area contributed by atoms with Crippen LogP contribution in [-0.2, 0) is 0 Å². The Kier molecular flexibility index (Phi) is 5.46. The first-order valence-electron chi connectivity index (χ1n) is 10.5. The minimum Gasteiger partial charge on any atom is -0.473 e. The van der Waals surface area contributed by atoms with E-state index < -0.39 is 5.82 Å². The van der Waals surface area contributed by atoms with Crippen molar-refractivity contribution in [1.29, 1.82) is 0 Å². The number of hydrogen-bond donors (Lipinski definition) is 0. The second-order valence-electron chi connectivity index (χ2n) is 8.28. The van der Waals surface area contributed by atoms with Gasteiger partial charge in [-0.25, -0.2) is 24.3 Å². The lowest BCUT2D eigenvalue weighted by molar-refractivity contribution is 0.0499. The van der Waals surface area contributed by atoms with Crippen molar-refractivity contribution in [3.8, 4) is 17.3 Å². The highest BCUT2D eigenvalue weighted by Gasteiger charge is 2.48. The zero-order valence-corrected chi connectivity index (χ0v) is 18.2. The molecule has 0 spiro atoms. The van der Waals surface area contributed by atoms with E-state index in [1.807, 2.05) is 19.1 Å². The number of aryl methyl sites for hydroxylation is 1. The predicted molar refractivity (Wildman–Crippen MR) is 116 cm³/mol. The van der Waals surface area contributed by atoms with Crippen LogP contribution in [0.2, 0.25) is 5.02 Å². The molecule has 1 saturated carbocycles. The summed E-state index contributed by atoms with van der Waals surface area (Å²) in [6.07, 6.45) is 6.49. The van der Waals surface area contributed by atoms with Gasteiger partial charge in [-0.2, -0.15) is 0 Å². The molecule has 1 aliphatic carbocycles. The van der Waals surface area contributed by atoms with Crippen molar-refractivity contribution in [2.45, 2.75) is 25.8 Å². The van der Waals surface area contributed by atoms with Crippen LogP contribution in [0.4, 0.5) is 4.39 Å². The Morgan fingerprint density at radius 1 is 1.22 bits per heavy atom. The average molecular weight is 454 g/mol. The van der Waals surface area contributed by atoms with Crippen LogP contribution in [0, 0.1) is 24.6 Å². The Labute approximate surface area is 189 Å². The van der Waals surface area contributed by atoms with Crippen molar-refractivity contribution in [1.82, 2.24) is 24.8 Å². The highest BCUT2D eigenvalue weighted by Crippen LogP contribution is 2.47. The molecule has 5 rings (SSSR count). The fraction of sp³-hybridized carbons (Fsp3) is 0.348. The second-order valence-corrected chi connectivity index (χ2v) is 8.71. The molecule has 1 aliphatic heterocycles. The van der Waals surface area contributed by atoms with Gasteiger partial charge in [-0.1, -0.05) is 11.6 Å². The van der Waals surface area contributed by atoms with Gasteiger partial charge in [0.15, 0.2) is 11.6 Å². The molecule has 3 aromatic heterocycles. The molecule has 3 atom stereocenters. The monoisotopic (exact) mass is 453 g/mol. The highest BCUT2D eigenvalue weighted by atomic mass is 35.5. The van der Waals surface area contributed by atoms with E-state index in [2.05, 4.69) is 19.9 Å². The summed E-state index contributed by atoms with van der Waals surface area (Å²) in [6, 6.07) is 6.34. The Morgan fingerprint density at radius 3 is 2.81 bits per heavy atom. The molecule has 0 radical (unpaired) electrons. The molecule has 1 amide bonds. The van der Waals surface area contributed by atoms with E-state index in [9.17, 15) is 9.18 Å². The summed E-state index contributed by atoms with van der Waals surface area (Å²) in [5.41, 5.74) is 1.63. The number of carbonyl (C=O) groups excluding carboxylic acids is 1. The maximum atomic E-state index is 14.1. The van der Waals surface area contributed by atoms with E-state index in [4.69, 9.17) is 16.3 Å². The molecule has 0 N–H and O–H groups in total. The lowest BCUT2D eigenvalue weighted by atomic mass is 10.0. The Morgan fingerprint density at radius 2 is 2.03 bits per heavy atom. The molecular formula is C23H21ClFN5O2. The lowest BCUT2D eigenvalue weighted by Crippen LogP contribution is -2.48. The van der Waals surface area contributed by atoms with Gasteiger partial charge in [-0.3, -0.25) is 4.79 Å². The maximum Gasteiger partial charge on any atom is 0.273 e. The molecule has 1 saturated heterocycles. The number of aromatic nitrogens is 4. The van der Waals surface area contributed by atoms with Crippen LogP contribution in [0.1, 0.15) is 29.0 Å². The number of likely N-dealkylation sites (tertiary alicyclic amines) is 1.